The van der Waals surface area contributed by atoms with Crippen molar-refractivity contribution in [1.82, 2.24) is 4.31 Å². The summed E-state index contributed by atoms with van der Waals surface area (Å²) in [5, 5.41) is 0.0955. The number of halogens is 1. The Kier molecular flexibility index (Phi) is 4.89. The minimum Gasteiger partial charge on any atom is -0.423 e. The summed E-state index contributed by atoms with van der Waals surface area (Å²) in [4.78, 5) is 12.2. The standard InChI is InChI=1S/C17H16ClNO4S/c18-15-9-8-13(17(20)23-14-6-2-1-3-7-14)12-16(15)24(21,22)19-10-4-5-11-19/h1-3,6-9,12H,4-5,10-11H2. The fourth-order valence-corrected chi connectivity index (χ4v) is 4.57. The number of carbonyl (C=O) groups excluding carboxylic acids is 1. The zero-order chi connectivity index (χ0) is 17.2. The number of ether oxygens (including phenoxy) is 1. The first-order valence-electron chi connectivity index (χ1n) is 7.55. The van der Waals surface area contributed by atoms with Crippen LogP contribution in [0.3, 0.4) is 0 Å². The number of rotatable bonds is 4. The highest BCUT2D eigenvalue weighted by Crippen LogP contribution is 2.28. The Morgan fingerprint density at radius 2 is 1.71 bits per heavy atom. The van der Waals surface area contributed by atoms with Crippen LogP contribution in [0.1, 0.15) is 23.2 Å². The molecule has 0 aromatic heterocycles. The lowest BCUT2D eigenvalue weighted by Crippen LogP contribution is -2.28. The third-order valence-corrected chi connectivity index (χ3v) is 6.18. The van der Waals surface area contributed by atoms with Crippen LogP contribution in [-0.2, 0) is 10.0 Å². The van der Waals surface area contributed by atoms with E-state index in [1.54, 1.807) is 30.3 Å². The van der Waals surface area contributed by atoms with E-state index in [0.717, 1.165) is 12.8 Å². The summed E-state index contributed by atoms with van der Waals surface area (Å²) in [6.45, 7) is 0.939. The lowest BCUT2D eigenvalue weighted by Gasteiger charge is -2.17. The van der Waals surface area contributed by atoms with Crippen molar-refractivity contribution < 1.29 is 17.9 Å². The fourth-order valence-electron chi connectivity index (χ4n) is 2.55. The molecule has 2 aromatic rings. The number of carbonyl (C=O) groups is 1. The van der Waals surface area contributed by atoms with E-state index in [2.05, 4.69) is 0 Å². The van der Waals surface area contributed by atoms with Crippen molar-refractivity contribution in [1.29, 1.82) is 0 Å². The Morgan fingerprint density at radius 1 is 1.04 bits per heavy atom. The zero-order valence-corrected chi connectivity index (χ0v) is 14.4. The molecule has 0 bridgehead atoms. The Hall–Kier alpha value is -1.89. The van der Waals surface area contributed by atoms with Crippen LogP contribution >= 0.6 is 11.6 Å². The predicted octanol–water partition coefficient (Wildman–Crippen LogP) is 3.34. The normalized spacial score (nSPS) is 15.4. The summed E-state index contributed by atoms with van der Waals surface area (Å²) in [6, 6.07) is 12.7. The summed E-state index contributed by atoms with van der Waals surface area (Å²) in [5.74, 6) is -0.239. The van der Waals surface area contributed by atoms with E-state index in [1.807, 2.05) is 0 Å². The molecule has 0 radical (unpaired) electrons. The van der Waals surface area contributed by atoms with Gasteiger partial charge in [-0.2, -0.15) is 4.31 Å². The molecule has 0 spiro atoms. The van der Waals surface area contributed by atoms with E-state index in [4.69, 9.17) is 16.3 Å². The van der Waals surface area contributed by atoms with Gasteiger partial charge in [0.1, 0.15) is 10.6 Å². The first-order valence-corrected chi connectivity index (χ1v) is 9.37. The van der Waals surface area contributed by atoms with Gasteiger partial charge in [0.2, 0.25) is 10.0 Å². The van der Waals surface area contributed by atoms with E-state index in [1.165, 1.54) is 22.5 Å². The second-order valence-corrected chi connectivity index (χ2v) is 7.77. The molecule has 0 saturated carbocycles. The van der Waals surface area contributed by atoms with Crippen molar-refractivity contribution >= 4 is 27.6 Å². The van der Waals surface area contributed by atoms with Gasteiger partial charge in [-0.25, -0.2) is 13.2 Å². The Labute approximate surface area is 145 Å². The van der Waals surface area contributed by atoms with Crippen molar-refractivity contribution in [2.24, 2.45) is 0 Å². The third kappa shape index (κ3) is 3.45. The molecular formula is C17H16ClNO4S. The second-order valence-electron chi connectivity index (χ2n) is 5.46. The van der Waals surface area contributed by atoms with Crippen LogP contribution in [0, 0.1) is 0 Å². The first kappa shape index (κ1) is 17.0. The first-order chi connectivity index (χ1) is 11.5. The largest absolute Gasteiger partial charge is 0.423 e. The van der Waals surface area contributed by atoms with E-state index in [-0.39, 0.29) is 15.5 Å². The third-order valence-electron chi connectivity index (χ3n) is 3.80. The van der Waals surface area contributed by atoms with Gasteiger partial charge in [-0.05, 0) is 43.2 Å². The maximum Gasteiger partial charge on any atom is 0.343 e. The molecule has 1 saturated heterocycles. The number of para-hydroxylation sites is 1. The summed E-state index contributed by atoms with van der Waals surface area (Å²) in [7, 11) is -3.70. The molecule has 7 heteroatoms. The smallest absolute Gasteiger partial charge is 0.343 e. The van der Waals surface area contributed by atoms with E-state index >= 15 is 0 Å². The van der Waals surface area contributed by atoms with Gasteiger partial charge in [0.15, 0.2) is 0 Å². The molecule has 0 atom stereocenters. The van der Waals surface area contributed by atoms with Gasteiger partial charge >= 0.3 is 5.97 Å². The van der Waals surface area contributed by atoms with Crippen LogP contribution in [0.15, 0.2) is 53.4 Å². The number of nitrogens with zero attached hydrogens (tertiary/aromatic N) is 1. The van der Waals surface area contributed by atoms with Gasteiger partial charge in [0.25, 0.3) is 0 Å². The van der Waals surface area contributed by atoms with Crippen LogP contribution in [0.25, 0.3) is 0 Å². The zero-order valence-electron chi connectivity index (χ0n) is 12.8. The highest BCUT2D eigenvalue weighted by atomic mass is 35.5. The van der Waals surface area contributed by atoms with E-state index in [9.17, 15) is 13.2 Å². The number of esters is 1. The van der Waals surface area contributed by atoms with Crippen molar-refractivity contribution in [2.45, 2.75) is 17.7 Å². The maximum absolute atomic E-state index is 12.7. The number of benzene rings is 2. The van der Waals surface area contributed by atoms with Crippen LogP contribution in [0.2, 0.25) is 5.02 Å². The summed E-state index contributed by atoms with van der Waals surface area (Å²) in [6.07, 6.45) is 1.65. The summed E-state index contributed by atoms with van der Waals surface area (Å²) < 4.78 is 32.0. The lowest BCUT2D eigenvalue weighted by atomic mass is 10.2. The van der Waals surface area contributed by atoms with Crippen molar-refractivity contribution in [3.63, 3.8) is 0 Å². The number of hydrogen-bond donors (Lipinski definition) is 0. The SMILES string of the molecule is O=C(Oc1ccccc1)c1ccc(Cl)c(S(=O)(=O)N2CCCC2)c1. The molecule has 5 nitrogen and oxygen atoms in total. The minimum atomic E-state index is -3.70. The van der Waals surface area contributed by atoms with Gasteiger partial charge < -0.3 is 4.74 Å². The lowest BCUT2D eigenvalue weighted by molar-refractivity contribution is 0.0734. The predicted molar refractivity (Wildman–Crippen MR) is 90.8 cm³/mol. The van der Waals surface area contributed by atoms with Crippen LogP contribution in [-0.4, -0.2) is 31.8 Å². The van der Waals surface area contributed by atoms with Gasteiger partial charge in [-0.3, -0.25) is 0 Å². The second kappa shape index (κ2) is 6.93. The molecule has 1 aliphatic rings. The van der Waals surface area contributed by atoms with Crippen molar-refractivity contribution in [2.75, 3.05) is 13.1 Å². The molecule has 1 fully saturated rings. The highest BCUT2D eigenvalue weighted by molar-refractivity contribution is 7.89. The molecule has 126 valence electrons. The molecular weight excluding hydrogens is 350 g/mol. The molecule has 0 unspecified atom stereocenters. The van der Waals surface area contributed by atoms with Gasteiger partial charge in [0, 0.05) is 13.1 Å². The highest BCUT2D eigenvalue weighted by Gasteiger charge is 2.30. The van der Waals surface area contributed by atoms with E-state index in [0.29, 0.717) is 18.8 Å². The minimum absolute atomic E-state index is 0.0615. The Morgan fingerprint density at radius 3 is 2.38 bits per heavy atom. The monoisotopic (exact) mass is 365 g/mol. The van der Waals surface area contributed by atoms with Crippen molar-refractivity contribution in [3.05, 3.63) is 59.1 Å². The maximum atomic E-state index is 12.7. The molecule has 1 heterocycles. The Balaban J connectivity index is 1.90. The van der Waals surface area contributed by atoms with E-state index < -0.39 is 16.0 Å². The molecule has 24 heavy (non-hydrogen) atoms. The van der Waals surface area contributed by atoms with Crippen LogP contribution in [0.4, 0.5) is 0 Å². The summed E-state index contributed by atoms with van der Waals surface area (Å²) in [5.41, 5.74) is 0.140. The number of hydrogen-bond acceptors (Lipinski definition) is 4. The number of sulfonamides is 1. The van der Waals surface area contributed by atoms with Crippen LogP contribution < -0.4 is 4.74 Å². The average Bonchev–Trinajstić information content (AvgIpc) is 3.11. The van der Waals surface area contributed by atoms with Gasteiger partial charge in [-0.1, -0.05) is 29.8 Å². The van der Waals surface area contributed by atoms with Crippen LogP contribution in [0.5, 0.6) is 5.75 Å². The average molecular weight is 366 g/mol. The quantitative estimate of drug-likeness (QED) is 0.615. The van der Waals surface area contributed by atoms with Crippen molar-refractivity contribution in [3.8, 4) is 5.75 Å². The van der Waals surface area contributed by atoms with Gasteiger partial charge in [-0.15, -0.1) is 0 Å². The van der Waals surface area contributed by atoms with Gasteiger partial charge in [0.05, 0.1) is 10.6 Å². The summed E-state index contributed by atoms with van der Waals surface area (Å²) >= 11 is 6.07. The molecule has 3 rings (SSSR count). The molecule has 0 aliphatic carbocycles. The topological polar surface area (TPSA) is 63.7 Å². The Bertz CT molecular complexity index is 846. The fraction of sp³-hybridized carbons (Fsp3) is 0.235. The molecule has 2 aromatic carbocycles. The molecule has 1 aliphatic heterocycles. The molecule has 0 N–H and O–H groups in total. The molecule has 0 amide bonds.